The average Bonchev–Trinajstić information content (AvgIpc) is 2.77. The van der Waals surface area contributed by atoms with E-state index in [1.165, 1.54) is 140 Å². The van der Waals surface area contributed by atoms with Crippen LogP contribution >= 0.6 is 31.9 Å². The van der Waals surface area contributed by atoms with Gasteiger partial charge in [-0.25, -0.2) is 0 Å². The predicted molar refractivity (Wildman–Crippen MR) is 378 cm³/mol. The fourth-order valence-corrected chi connectivity index (χ4v) is 12.8. The van der Waals surface area contributed by atoms with E-state index in [2.05, 4.69) is 324 Å². The first-order valence-electron chi connectivity index (χ1n) is 31.3. The summed E-state index contributed by atoms with van der Waals surface area (Å²) in [6.45, 7) is 9.26. The molecule has 430 valence electrons. The molecule has 0 aromatic heterocycles. The molecule has 11 aromatic rings. The van der Waals surface area contributed by atoms with Crippen LogP contribution in [0.2, 0.25) is 0 Å². The van der Waals surface area contributed by atoms with E-state index in [0.29, 0.717) is 0 Å². The molecule has 0 saturated heterocycles. The Morgan fingerprint density at radius 3 is 0.849 bits per heavy atom. The minimum Gasteiger partial charge on any atom is -0.311 e. The van der Waals surface area contributed by atoms with Crippen molar-refractivity contribution in [2.45, 2.75) is 105 Å². The number of anilines is 6. The minimum absolute atomic E-state index is 0.943. The molecule has 86 heavy (non-hydrogen) atoms. The highest BCUT2D eigenvalue weighted by Gasteiger charge is 2.20. The normalized spacial score (nSPS) is 11.2. The number of rotatable bonds is 24. The Balaban J connectivity index is 0.911. The molecule has 0 heterocycles. The first-order valence-corrected chi connectivity index (χ1v) is 32.9. The lowest BCUT2D eigenvalue weighted by Crippen LogP contribution is -2.09. The fourth-order valence-electron chi connectivity index (χ4n) is 12.3. The number of benzene rings is 11. The molecule has 0 bridgehead atoms. The number of halogens is 2. The van der Waals surface area contributed by atoms with Crippen LogP contribution in [0.3, 0.4) is 0 Å². The highest BCUT2D eigenvalue weighted by Crippen LogP contribution is 2.43. The predicted octanol–water partition coefficient (Wildman–Crippen LogP) is 25.5. The zero-order chi connectivity index (χ0) is 59.2. The number of nitrogens with zero attached hydrogens (tertiary/aromatic N) is 2. The van der Waals surface area contributed by atoms with Crippen molar-refractivity contribution in [1.29, 1.82) is 0 Å². The molecule has 0 amide bonds. The van der Waals surface area contributed by atoms with E-state index < -0.39 is 0 Å². The molecule has 0 aliphatic carbocycles. The van der Waals surface area contributed by atoms with E-state index in [0.717, 1.165) is 68.8 Å². The van der Waals surface area contributed by atoms with Crippen molar-refractivity contribution in [3.63, 3.8) is 0 Å². The first-order chi connectivity index (χ1) is 42.3. The maximum atomic E-state index is 3.68. The van der Waals surface area contributed by atoms with Crippen LogP contribution in [0.1, 0.15) is 101 Å². The Labute approximate surface area is 529 Å². The van der Waals surface area contributed by atoms with E-state index >= 15 is 0 Å². The van der Waals surface area contributed by atoms with Crippen LogP contribution < -0.4 is 9.80 Å². The summed E-state index contributed by atoms with van der Waals surface area (Å²) in [6, 6.07) is 94.5. The van der Waals surface area contributed by atoms with Crippen LogP contribution in [0.15, 0.2) is 264 Å². The Morgan fingerprint density at radius 1 is 0.244 bits per heavy atom. The van der Waals surface area contributed by atoms with Crippen molar-refractivity contribution >= 4 is 66.0 Å². The van der Waals surface area contributed by atoms with Crippen molar-refractivity contribution in [2.24, 2.45) is 0 Å². The number of aryl methyl sites for hydroxylation is 4. The second-order valence-corrected chi connectivity index (χ2v) is 24.6. The van der Waals surface area contributed by atoms with Gasteiger partial charge in [0.15, 0.2) is 0 Å². The van der Waals surface area contributed by atoms with Gasteiger partial charge in [-0.15, -0.1) is 0 Å². The van der Waals surface area contributed by atoms with Crippen molar-refractivity contribution in [3.8, 4) is 66.8 Å². The lowest BCUT2D eigenvalue weighted by Gasteiger charge is -2.26. The van der Waals surface area contributed by atoms with Gasteiger partial charge in [0.05, 0.1) is 0 Å². The third-order valence-electron chi connectivity index (χ3n) is 17.0. The summed E-state index contributed by atoms with van der Waals surface area (Å²) < 4.78 is 2.12. The van der Waals surface area contributed by atoms with Crippen LogP contribution in [0.5, 0.6) is 0 Å². The van der Waals surface area contributed by atoms with Crippen LogP contribution in [0, 0.1) is 0 Å². The van der Waals surface area contributed by atoms with Crippen LogP contribution in [0.4, 0.5) is 34.1 Å². The van der Waals surface area contributed by atoms with Gasteiger partial charge in [0.2, 0.25) is 0 Å². The van der Waals surface area contributed by atoms with Gasteiger partial charge in [-0.3, -0.25) is 0 Å². The average molecular weight is 1250 g/mol. The minimum atomic E-state index is 0.943. The lowest BCUT2D eigenvalue weighted by molar-refractivity contribution is 0.664. The van der Waals surface area contributed by atoms with Crippen molar-refractivity contribution < 1.29 is 0 Å². The standard InChI is InChI=1S/C82H78Br2N2/c1-5-9-11-15-25-67-57-82(70-36-54-80(60(8-4)56-70)66-33-47-76(48-34-66)86(78-51-39-72(84)40-52-78)74-43-29-64(30-44-74)62-23-19-14-20-24-62)68(26-16-12-10-6-2)58-81(67)69-35-53-79(59(7-3)55-69)65-31-45-75(46-32-65)85(77-49-37-71(83)38-50-77)73-41-27-63(28-42-73)61-21-17-13-18-22-61/h13-14,17-24,27-58H,5-12,15-16,25-26H2,1-4H3. The molecule has 0 unspecified atom stereocenters. The summed E-state index contributed by atoms with van der Waals surface area (Å²) in [7, 11) is 0. The molecule has 0 N–H and O–H groups in total. The van der Waals surface area contributed by atoms with E-state index in [9.17, 15) is 0 Å². The molecule has 0 spiro atoms. The van der Waals surface area contributed by atoms with Gasteiger partial charge in [-0.2, -0.15) is 0 Å². The third kappa shape index (κ3) is 14.1. The molecule has 0 saturated carbocycles. The quantitative estimate of drug-likeness (QED) is 0.0557. The topological polar surface area (TPSA) is 6.48 Å². The van der Waals surface area contributed by atoms with Gasteiger partial charge in [-0.1, -0.05) is 256 Å². The van der Waals surface area contributed by atoms with Gasteiger partial charge < -0.3 is 9.80 Å². The molecule has 2 nitrogen and oxygen atoms in total. The summed E-state index contributed by atoms with van der Waals surface area (Å²) in [5.41, 5.74) is 27.7. The molecule has 11 aromatic carbocycles. The Kier molecular flexibility index (Phi) is 20.1. The molecule has 0 radical (unpaired) electrons. The Bertz CT molecular complexity index is 3680. The summed E-state index contributed by atoms with van der Waals surface area (Å²) in [6.07, 6.45) is 13.8. The van der Waals surface area contributed by atoms with Crippen molar-refractivity contribution in [3.05, 3.63) is 286 Å². The smallest absolute Gasteiger partial charge is 0.0462 e. The monoisotopic (exact) mass is 1250 g/mol. The van der Waals surface area contributed by atoms with E-state index in [1.54, 1.807) is 0 Å². The SMILES string of the molecule is CCCCCCc1cc(-c2ccc(-c3ccc(N(c4ccc(Br)cc4)c4ccc(-c5ccccc5)cc4)cc3)c(CC)c2)c(CCCCCC)cc1-c1ccc(-c2ccc(N(c3ccc(Br)cc3)c3ccc(-c4ccccc4)cc3)cc2)c(CC)c1. The molecule has 0 atom stereocenters. The zero-order valence-electron chi connectivity index (χ0n) is 50.4. The van der Waals surface area contributed by atoms with Crippen molar-refractivity contribution in [1.82, 2.24) is 0 Å². The Morgan fingerprint density at radius 2 is 0.535 bits per heavy atom. The highest BCUT2D eigenvalue weighted by atomic mass is 79.9. The van der Waals surface area contributed by atoms with E-state index in [1.807, 2.05) is 0 Å². The number of hydrogen-bond acceptors (Lipinski definition) is 2. The van der Waals surface area contributed by atoms with Gasteiger partial charge in [0.1, 0.15) is 0 Å². The first kappa shape index (κ1) is 59.7. The maximum absolute atomic E-state index is 3.68. The number of unbranched alkanes of at least 4 members (excludes halogenated alkanes) is 6. The highest BCUT2D eigenvalue weighted by molar-refractivity contribution is 9.10. The van der Waals surface area contributed by atoms with Crippen LogP contribution in [0.25, 0.3) is 66.8 Å². The largest absolute Gasteiger partial charge is 0.311 e. The fraction of sp³-hybridized carbons (Fsp3) is 0.195. The third-order valence-corrected chi connectivity index (χ3v) is 18.1. The Hall–Kier alpha value is -8.02. The van der Waals surface area contributed by atoms with Gasteiger partial charge >= 0.3 is 0 Å². The van der Waals surface area contributed by atoms with E-state index in [-0.39, 0.29) is 0 Å². The number of hydrogen-bond donors (Lipinski definition) is 0. The van der Waals surface area contributed by atoms with Gasteiger partial charge in [-0.05, 0) is 225 Å². The molecular weight excluding hydrogens is 1170 g/mol. The van der Waals surface area contributed by atoms with Gasteiger partial charge in [0.25, 0.3) is 0 Å². The maximum Gasteiger partial charge on any atom is 0.0462 e. The lowest BCUT2D eigenvalue weighted by atomic mass is 9.84. The molecule has 0 aliphatic heterocycles. The second-order valence-electron chi connectivity index (χ2n) is 22.8. The molecule has 4 heteroatoms. The molecular formula is C82H78Br2N2. The summed E-state index contributed by atoms with van der Waals surface area (Å²) in [5.74, 6) is 0. The zero-order valence-corrected chi connectivity index (χ0v) is 53.6. The van der Waals surface area contributed by atoms with Gasteiger partial charge in [0, 0.05) is 43.1 Å². The summed E-state index contributed by atoms with van der Waals surface area (Å²) >= 11 is 7.35. The van der Waals surface area contributed by atoms with Crippen LogP contribution in [-0.2, 0) is 25.7 Å². The molecule has 11 rings (SSSR count). The van der Waals surface area contributed by atoms with Crippen molar-refractivity contribution in [2.75, 3.05) is 9.80 Å². The second kappa shape index (κ2) is 28.9. The van der Waals surface area contributed by atoms with Crippen LogP contribution in [-0.4, -0.2) is 0 Å². The molecule has 0 fully saturated rings. The molecule has 0 aliphatic rings. The summed E-state index contributed by atoms with van der Waals surface area (Å²) in [5, 5.41) is 0. The summed E-state index contributed by atoms with van der Waals surface area (Å²) in [4.78, 5) is 4.70. The van der Waals surface area contributed by atoms with E-state index in [4.69, 9.17) is 0 Å².